The van der Waals surface area contributed by atoms with Crippen LogP contribution >= 0.6 is 0 Å². The molecule has 2 N–H and O–H groups in total. The fraction of sp³-hybridized carbons (Fsp3) is 0.636. The zero-order valence-corrected chi connectivity index (χ0v) is 18.7. The summed E-state index contributed by atoms with van der Waals surface area (Å²) in [6.45, 7) is 12.3. The van der Waals surface area contributed by atoms with E-state index in [0.29, 0.717) is 6.54 Å². The third-order valence-electron chi connectivity index (χ3n) is 5.44. The van der Waals surface area contributed by atoms with E-state index < -0.39 is 0 Å². The van der Waals surface area contributed by atoms with Gasteiger partial charge in [0.2, 0.25) is 5.91 Å². The van der Waals surface area contributed by atoms with Crippen LogP contribution in [0.15, 0.2) is 12.1 Å². The number of benzene rings is 1. The van der Waals surface area contributed by atoms with Crippen LogP contribution < -0.4 is 10.6 Å². The van der Waals surface area contributed by atoms with Crippen molar-refractivity contribution in [2.75, 3.05) is 65.2 Å². The molecule has 2 rings (SSSR count). The smallest absolute Gasteiger partial charge is 0.317 e. The first-order valence-electron chi connectivity index (χ1n) is 10.5. The average molecular weight is 404 g/mol. The van der Waals surface area contributed by atoms with Gasteiger partial charge in [-0.05, 0) is 58.3 Å². The zero-order valence-electron chi connectivity index (χ0n) is 18.7. The van der Waals surface area contributed by atoms with Crippen LogP contribution in [0.2, 0.25) is 0 Å². The summed E-state index contributed by atoms with van der Waals surface area (Å²) >= 11 is 0. The minimum absolute atomic E-state index is 0.0277. The lowest BCUT2D eigenvalue weighted by Crippen LogP contribution is -2.45. The molecule has 1 fully saturated rings. The molecule has 0 spiro atoms. The van der Waals surface area contributed by atoms with Crippen molar-refractivity contribution in [3.63, 3.8) is 0 Å². The minimum Gasteiger partial charge on any atom is -0.338 e. The van der Waals surface area contributed by atoms with E-state index in [9.17, 15) is 9.59 Å². The summed E-state index contributed by atoms with van der Waals surface area (Å²) in [5, 5.41) is 5.84. The number of anilines is 1. The summed E-state index contributed by atoms with van der Waals surface area (Å²) < 4.78 is 0. The quantitative estimate of drug-likeness (QED) is 0.653. The number of carbonyl (C=O) groups excluding carboxylic acids is 2. The SMILES string of the molecule is Cc1cc(C)c(NC(=O)CN(C)C(=O)NCCCCN2CCN(C)CC2)c(C)c1. The highest BCUT2D eigenvalue weighted by Crippen LogP contribution is 2.21. The van der Waals surface area contributed by atoms with Crippen molar-refractivity contribution in [2.45, 2.75) is 33.6 Å². The maximum atomic E-state index is 12.3. The van der Waals surface area contributed by atoms with Crippen LogP contribution in [0.4, 0.5) is 10.5 Å². The molecule has 0 radical (unpaired) electrons. The second-order valence-electron chi connectivity index (χ2n) is 8.26. The van der Waals surface area contributed by atoms with Crippen molar-refractivity contribution in [3.8, 4) is 0 Å². The van der Waals surface area contributed by atoms with Gasteiger partial charge in [0, 0.05) is 45.5 Å². The van der Waals surface area contributed by atoms with Gasteiger partial charge in [-0.2, -0.15) is 0 Å². The highest BCUT2D eigenvalue weighted by Gasteiger charge is 2.15. The van der Waals surface area contributed by atoms with Crippen LogP contribution in [0.25, 0.3) is 0 Å². The van der Waals surface area contributed by atoms with Crippen LogP contribution in [0.5, 0.6) is 0 Å². The number of piperazine rings is 1. The molecule has 1 heterocycles. The number of likely N-dealkylation sites (N-methyl/N-ethyl adjacent to an activating group) is 2. The first kappa shape index (κ1) is 23.2. The van der Waals surface area contributed by atoms with Crippen molar-refractivity contribution in [1.82, 2.24) is 20.0 Å². The molecule has 1 aromatic rings. The molecule has 1 saturated heterocycles. The molecule has 7 heteroatoms. The maximum Gasteiger partial charge on any atom is 0.317 e. The molecule has 7 nitrogen and oxygen atoms in total. The molecule has 1 aliphatic rings. The Morgan fingerprint density at radius 2 is 1.66 bits per heavy atom. The molecular weight excluding hydrogens is 366 g/mol. The van der Waals surface area contributed by atoms with Crippen LogP contribution in [0.3, 0.4) is 0 Å². The van der Waals surface area contributed by atoms with Gasteiger partial charge in [0.15, 0.2) is 0 Å². The van der Waals surface area contributed by atoms with Crippen molar-refractivity contribution in [1.29, 1.82) is 0 Å². The van der Waals surface area contributed by atoms with Crippen LogP contribution in [-0.2, 0) is 4.79 Å². The summed E-state index contributed by atoms with van der Waals surface area (Å²) in [4.78, 5) is 30.8. The van der Waals surface area contributed by atoms with Crippen molar-refractivity contribution < 1.29 is 9.59 Å². The van der Waals surface area contributed by atoms with Crippen LogP contribution in [-0.4, -0.2) is 86.5 Å². The number of unbranched alkanes of at least 4 members (excludes halogenated alkanes) is 1. The standard InChI is InChI=1S/C22H37N5O2/c1-17-14-18(2)21(19(3)15-17)24-20(28)16-26(5)22(29)23-8-6-7-9-27-12-10-25(4)11-13-27/h14-15H,6-13,16H2,1-5H3,(H,23,29)(H,24,28). The first-order chi connectivity index (χ1) is 13.8. The van der Waals surface area contributed by atoms with Gasteiger partial charge < -0.3 is 25.3 Å². The fourth-order valence-corrected chi connectivity index (χ4v) is 3.71. The van der Waals surface area contributed by atoms with E-state index in [1.807, 2.05) is 32.9 Å². The second kappa shape index (κ2) is 11.2. The van der Waals surface area contributed by atoms with E-state index >= 15 is 0 Å². The van der Waals surface area contributed by atoms with Gasteiger partial charge in [0.1, 0.15) is 6.54 Å². The number of nitrogens with one attached hydrogen (secondary N) is 2. The van der Waals surface area contributed by atoms with Crippen LogP contribution in [0, 0.1) is 20.8 Å². The van der Waals surface area contributed by atoms with Gasteiger partial charge in [-0.15, -0.1) is 0 Å². The normalized spacial score (nSPS) is 15.2. The molecule has 0 unspecified atom stereocenters. The monoisotopic (exact) mass is 403 g/mol. The Morgan fingerprint density at radius 1 is 1.03 bits per heavy atom. The van der Waals surface area contributed by atoms with Gasteiger partial charge in [-0.3, -0.25) is 4.79 Å². The third-order valence-corrected chi connectivity index (χ3v) is 5.44. The van der Waals surface area contributed by atoms with Crippen molar-refractivity contribution >= 4 is 17.6 Å². The number of hydrogen-bond acceptors (Lipinski definition) is 4. The summed E-state index contributed by atoms with van der Waals surface area (Å²) in [6, 6.07) is 3.87. The number of aryl methyl sites for hydroxylation is 3. The van der Waals surface area contributed by atoms with Gasteiger partial charge in [-0.1, -0.05) is 17.7 Å². The van der Waals surface area contributed by atoms with Gasteiger partial charge in [0.05, 0.1) is 0 Å². The highest BCUT2D eigenvalue weighted by atomic mass is 16.2. The molecule has 3 amide bonds. The molecule has 0 aliphatic carbocycles. The Kier molecular flexibility index (Phi) is 8.92. The first-order valence-corrected chi connectivity index (χ1v) is 10.5. The zero-order chi connectivity index (χ0) is 21.4. The third kappa shape index (κ3) is 7.66. The molecule has 0 atom stereocenters. The Morgan fingerprint density at radius 3 is 2.28 bits per heavy atom. The number of rotatable bonds is 8. The Hall–Kier alpha value is -2.12. The largest absolute Gasteiger partial charge is 0.338 e. The molecule has 1 aliphatic heterocycles. The molecule has 162 valence electrons. The van der Waals surface area contributed by atoms with E-state index in [1.165, 1.54) is 10.5 Å². The number of nitrogens with zero attached hydrogens (tertiary/aromatic N) is 3. The number of urea groups is 1. The lowest BCUT2D eigenvalue weighted by Gasteiger charge is -2.32. The van der Waals surface area contributed by atoms with Gasteiger partial charge >= 0.3 is 6.03 Å². The predicted octanol–water partition coefficient (Wildman–Crippen LogP) is 2.22. The van der Waals surface area contributed by atoms with Gasteiger partial charge in [0.25, 0.3) is 0 Å². The van der Waals surface area contributed by atoms with E-state index in [2.05, 4.69) is 27.5 Å². The lowest BCUT2D eigenvalue weighted by molar-refractivity contribution is -0.116. The molecule has 0 bridgehead atoms. The Balaban J connectivity index is 1.65. The topological polar surface area (TPSA) is 67.9 Å². The van der Waals surface area contributed by atoms with E-state index in [4.69, 9.17) is 0 Å². The lowest BCUT2D eigenvalue weighted by atomic mass is 10.1. The Bertz CT molecular complexity index is 675. The second-order valence-corrected chi connectivity index (χ2v) is 8.26. The van der Waals surface area contributed by atoms with Crippen molar-refractivity contribution in [2.24, 2.45) is 0 Å². The highest BCUT2D eigenvalue weighted by molar-refractivity contribution is 5.95. The summed E-state index contributed by atoms with van der Waals surface area (Å²) in [7, 11) is 3.81. The average Bonchev–Trinajstić information content (AvgIpc) is 2.65. The van der Waals surface area contributed by atoms with Gasteiger partial charge in [-0.25, -0.2) is 4.79 Å². The van der Waals surface area contributed by atoms with Crippen molar-refractivity contribution in [3.05, 3.63) is 28.8 Å². The molecule has 1 aromatic carbocycles. The predicted molar refractivity (Wildman–Crippen MR) is 118 cm³/mol. The molecule has 0 aromatic heterocycles. The number of amides is 3. The van der Waals surface area contributed by atoms with E-state index in [-0.39, 0.29) is 18.5 Å². The number of hydrogen-bond donors (Lipinski definition) is 2. The molecular formula is C22H37N5O2. The Labute approximate surface area is 175 Å². The van der Waals surface area contributed by atoms with E-state index in [1.54, 1.807) is 7.05 Å². The summed E-state index contributed by atoms with van der Waals surface area (Å²) in [5.74, 6) is -0.187. The fourth-order valence-electron chi connectivity index (χ4n) is 3.71. The maximum absolute atomic E-state index is 12.3. The molecule has 0 saturated carbocycles. The number of carbonyl (C=O) groups is 2. The summed E-state index contributed by atoms with van der Waals surface area (Å²) in [6.07, 6.45) is 2.01. The van der Waals surface area contributed by atoms with Crippen LogP contribution in [0.1, 0.15) is 29.5 Å². The minimum atomic E-state index is -0.211. The molecule has 29 heavy (non-hydrogen) atoms. The summed E-state index contributed by atoms with van der Waals surface area (Å²) in [5.41, 5.74) is 4.06. The van der Waals surface area contributed by atoms with E-state index in [0.717, 1.165) is 62.4 Å².